The minimum absolute atomic E-state index is 0.202. The van der Waals surface area contributed by atoms with Gasteiger partial charge in [0.25, 0.3) is 0 Å². The van der Waals surface area contributed by atoms with Gasteiger partial charge in [-0.15, -0.1) is 0 Å². The Hall–Kier alpha value is -2.64. The first-order valence-corrected chi connectivity index (χ1v) is 7.15. The van der Waals surface area contributed by atoms with Crippen molar-refractivity contribution in [3.63, 3.8) is 0 Å². The Kier molecular flexibility index (Phi) is 6.27. The third-order valence-electron chi connectivity index (χ3n) is 2.95. The number of alkyl carbamates (subject to hydrolysis) is 1. The molecule has 24 heavy (non-hydrogen) atoms. The molecule has 0 bridgehead atoms. The van der Waals surface area contributed by atoms with Gasteiger partial charge >= 0.3 is 12.1 Å². The van der Waals surface area contributed by atoms with Gasteiger partial charge in [0.05, 0.1) is 21.3 Å². The zero-order chi connectivity index (χ0) is 18.5. The number of hydrogen-bond donors (Lipinski definition) is 2. The van der Waals surface area contributed by atoms with Crippen molar-refractivity contribution >= 4 is 12.1 Å². The third-order valence-corrected chi connectivity index (χ3v) is 2.95. The lowest BCUT2D eigenvalue weighted by molar-refractivity contribution is -0.139. The number of hydrogen-bond acceptors (Lipinski definition) is 6. The van der Waals surface area contributed by atoms with Crippen LogP contribution in [0.1, 0.15) is 32.4 Å². The van der Waals surface area contributed by atoms with Gasteiger partial charge in [0.15, 0.2) is 17.5 Å². The Bertz CT molecular complexity index is 607. The predicted molar refractivity (Wildman–Crippen MR) is 85.8 cm³/mol. The molecule has 1 aromatic carbocycles. The smallest absolute Gasteiger partial charge is 0.408 e. The van der Waals surface area contributed by atoms with Crippen LogP contribution in [0.15, 0.2) is 12.1 Å². The normalized spacial score (nSPS) is 12.1. The molecule has 0 radical (unpaired) electrons. The van der Waals surface area contributed by atoms with Crippen LogP contribution in [0, 0.1) is 0 Å². The maximum Gasteiger partial charge on any atom is 0.408 e. The summed E-state index contributed by atoms with van der Waals surface area (Å²) in [5.74, 6) is -0.354. The van der Waals surface area contributed by atoms with Crippen LogP contribution in [0.2, 0.25) is 0 Å². The molecule has 0 saturated heterocycles. The summed E-state index contributed by atoms with van der Waals surface area (Å²) in [4.78, 5) is 23.6. The monoisotopic (exact) mass is 341 g/mol. The summed E-state index contributed by atoms with van der Waals surface area (Å²) in [6.45, 7) is 5.04. The van der Waals surface area contributed by atoms with Gasteiger partial charge in [-0.1, -0.05) is 0 Å². The Morgan fingerprint density at radius 3 is 1.92 bits per heavy atom. The molecule has 134 valence electrons. The second-order valence-electron chi connectivity index (χ2n) is 5.87. The first-order valence-electron chi connectivity index (χ1n) is 7.15. The number of benzene rings is 1. The maximum absolute atomic E-state index is 11.9. The minimum Gasteiger partial charge on any atom is -0.496 e. The van der Waals surface area contributed by atoms with Crippen LogP contribution >= 0.6 is 0 Å². The van der Waals surface area contributed by atoms with E-state index in [9.17, 15) is 14.7 Å². The van der Waals surface area contributed by atoms with Crippen molar-refractivity contribution < 1.29 is 33.6 Å². The molecule has 1 rings (SSSR count). The predicted octanol–water partition coefficient (Wildman–Crippen LogP) is 2.36. The van der Waals surface area contributed by atoms with E-state index in [-0.39, 0.29) is 11.3 Å². The SMILES string of the molecule is COc1cc(OC)c([C@@H](NC(=O)OC(C)(C)C)C(=O)O)cc1OC. The summed E-state index contributed by atoms with van der Waals surface area (Å²) < 4.78 is 20.6. The maximum atomic E-state index is 11.9. The first kappa shape index (κ1) is 19.4. The average molecular weight is 341 g/mol. The number of ether oxygens (including phenoxy) is 4. The highest BCUT2D eigenvalue weighted by Crippen LogP contribution is 2.37. The third kappa shape index (κ3) is 4.94. The van der Waals surface area contributed by atoms with Crippen molar-refractivity contribution in [3.05, 3.63) is 17.7 Å². The molecular formula is C16H23NO7. The number of carboxylic acid groups (broad SMARTS) is 1. The van der Waals surface area contributed by atoms with Crippen LogP contribution in [0.4, 0.5) is 4.79 Å². The number of amides is 1. The summed E-state index contributed by atoms with van der Waals surface area (Å²) in [6, 6.07) is 1.55. The minimum atomic E-state index is -1.38. The van der Waals surface area contributed by atoms with Crippen LogP contribution < -0.4 is 19.5 Å². The number of methoxy groups -OCH3 is 3. The average Bonchev–Trinajstić information content (AvgIpc) is 2.49. The summed E-state index contributed by atoms with van der Waals surface area (Å²) in [5.41, 5.74) is -0.553. The lowest BCUT2D eigenvalue weighted by Crippen LogP contribution is -2.38. The second-order valence-corrected chi connectivity index (χ2v) is 5.87. The molecule has 8 nitrogen and oxygen atoms in total. The van der Waals surface area contributed by atoms with Crippen molar-refractivity contribution in [2.45, 2.75) is 32.4 Å². The summed E-state index contributed by atoms with van der Waals surface area (Å²) in [6.07, 6.45) is -0.855. The quantitative estimate of drug-likeness (QED) is 0.818. The Morgan fingerprint density at radius 1 is 1.00 bits per heavy atom. The topological polar surface area (TPSA) is 103 Å². The van der Waals surface area contributed by atoms with Gasteiger partial charge in [0.1, 0.15) is 11.4 Å². The standard InChI is InChI=1S/C16H23NO7/c1-16(2,3)24-15(20)17-13(14(18)19)9-7-11(22-5)12(23-6)8-10(9)21-4/h7-8,13H,1-6H3,(H,17,20)(H,18,19)/t13-/m1/s1. The van der Waals surface area contributed by atoms with Crippen LogP contribution in [0.25, 0.3) is 0 Å². The number of nitrogens with one attached hydrogen (secondary N) is 1. The number of carboxylic acids is 1. The van der Waals surface area contributed by atoms with Crippen molar-refractivity contribution in [2.75, 3.05) is 21.3 Å². The van der Waals surface area contributed by atoms with Crippen LogP contribution in [-0.2, 0) is 9.53 Å². The molecule has 8 heteroatoms. The number of rotatable bonds is 6. The fraction of sp³-hybridized carbons (Fsp3) is 0.500. The number of carbonyl (C=O) groups excluding carboxylic acids is 1. The Balaban J connectivity index is 3.25. The largest absolute Gasteiger partial charge is 0.496 e. The van der Waals surface area contributed by atoms with E-state index in [1.807, 2.05) is 0 Å². The summed E-state index contributed by atoms with van der Waals surface area (Å²) in [7, 11) is 4.26. The number of aliphatic carboxylic acids is 1. The fourth-order valence-corrected chi connectivity index (χ4v) is 1.98. The molecule has 1 amide bonds. The van der Waals surface area contributed by atoms with E-state index < -0.39 is 23.7 Å². The molecular weight excluding hydrogens is 318 g/mol. The molecule has 2 N–H and O–H groups in total. The van der Waals surface area contributed by atoms with Gasteiger partial charge in [0.2, 0.25) is 0 Å². The highest BCUT2D eigenvalue weighted by molar-refractivity contribution is 5.82. The van der Waals surface area contributed by atoms with Crippen LogP contribution in [0.5, 0.6) is 17.2 Å². The molecule has 1 atom stereocenters. The molecule has 0 heterocycles. The van der Waals surface area contributed by atoms with Gasteiger partial charge < -0.3 is 29.4 Å². The van der Waals surface area contributed by atoms with E-state index >= 15 is 0 Å². The first-order chi connectivity index (χ1) is 11.1. The lowest BCUT2D eigenvalue weighted by Gasteiger charge is -2.23. The fourth-order valence-electron chi connectivity index (χ4n) is 1.98. The van der Waals surface area contributed by atoms with E-state index in [1.165, 1.54) is 33.5 Å². The van der Waals surface area contributed by atoms with E-state index in [0.29, 0.717) is 11.5 Å². The van der Waals surface area contributed by atoms with Gasteiger partial charge in [-0.2, -0.15) is 0 Å². The van der Waals surface area contributed by atoms with Crippen molar-refractivity contribution in [3.8, 4) is 17.2 Å². The molecule has 1 aromatic rings. The van der Waals surface area contributed by atoms with Crippen LogP contribution in [-0.4, -0.2) is 44.1 Å². The van der Waals surface area contributed by atoms with E-state index in [0.717, 1.165) is 0 Å². The van der Waals surface area contributed by atoms with Crippen molar-refractivity contribution in [2.24, 2.45) is 0 Å². The van der Waals surface area contributed by atoms with Gasteiger partial charge in [-0.05, 0) is 26.8 Å². The number of carbonyl (C=O) groups is 2. The highest BCUT2D eigenvalue weighted by Gasteiger charge is 2.29. The molecule has 0 unspecified atom stereocenters. The zero-order valence-corrected chi connectivity index (χ0v) is 14.6. The lowest BCUT2D eigenvalue weighted by atomic mass is 10.0. The molecule has 0 aliphatic heterocycles. The molecule has 0 saturated carbocycles. The van der Waals surface area contributed by atoms with Gasteiger partial charge in [-0.25, -0.2) is 9.59 Å². The summed E-state index contributed by atoms with van der Waals surface area (Å²) in [5, 5.41) is 11.8. The van der Waals surface area contributed by atoms with E-state index in [2.05, 4.69) is 5.32 Å². The van der Waals surface area contributed by atoms with Gasteiger partial charge in [0, 0.05) is 11.6 Å². The van der Waals surface area contributed by atoms with E-state index in [1.54, 1.807) is 20.8 Å². The van der Waals surface area contributed by atoms with Crippen molar-refractivity contribution in [1.82, 2.24) is 5.32 Å². The molecule has 0 aliphatic carbocycles. The second kappa shape index (κ2) is 7.76. The molecule has 0 aromatic heterocycles. The Labute approximate surface area is 140 Å². The van der Waals surface area contributed by atoms with Crippen molar-refractivity contribution in [1.29, 1.82) is 0 Å². The summed E-state index contributed by atoms with van der Waals surface area (Å²) >= 11 is 0. The Morgan fingerprint density at radius 2 is 1.50 bits per heavy atom. The molecule has 0 fully saturated rings. The van der Waals surface area contributed by atoms with Crippen LogP contribution in [0.3, 0.4) is 0 Å². The van der Waals surface area contributed by atoms with E-state index in [4.69, 9.17) is 18.9 Å². The highest BCUT2D eigenvalue weighted by atomic mass is 16.6. The zero-order valence-electron chi connectivity index (χ0n) is 14.6. The van der Waals surface area contributed by atoms with Gasteiger partial charge in [-0.3, -0.25) is 0 Å². The molecule has 0 spiro atoms. The molecule has 0 aliphatic rings.